The fourth-order valence-corrected chi connectivity index (χ4v) is 5.74. The standard InChI is InChI=1S/C23H24N2O2S/c1-27-21-19-7-4-8-20(19)28-22(21)23(26)25-13-11-24(12-14-25)18-10-9-16-5-2-3-6-17(16)15-18/h2-3,5-6,9-10,15H,4,7-8,11-14H2,1H3. The zero-order chi connectivity index (χ0) is 19.1. The van der Waals surface area contributed by atoms with Crippen molar-refractivity contribution < 1.29 is 9.53 Å². The summed E-state index contributed by atoms with van der Waals surface area (Å²) in [5.74, 6) is 0.967. The van der Waals surface area contributed by atoms with Gasteiger partial charge in [0.1, 0.15) is 10.6 Å². The third kappa shape index (κ3) is 2.94. The van der Waals surface area contributed by atoms with Crippen LogP contribution in [0.25, 0.3) is 10.8 Å². The topological polar surface area (TPSA) is 32.8 Å². The summed E-state index contributed by atoms with van der Waals surface area (Å²) in [5.41, 5.74) is 2.50. The van der Waals surface area contributed by atoms with Crippen LogP contribution in [0.4, 0.5) is 5.69 Å². The number of piperazine rings is 1. The molecule has 4 nitrogen and oxygen atoms in total. The number of aryl methyl sites for hydroxylation is 1. The van der Waals surface area contributed by atoms with E-state index in [1.54, 1.807) is 18.4 Å². The molecule has 1 aromatic heterocycles. The Kier molecular flexibility index (Phi) is 4.47. The van der Waals surface area contributed by atoms with Crippen LogP contribution in [-0.4, -0.2) is 44.1 Å². The van der Waals surface area contributed by atoms with Crippen LogP contribution >= 0.6 is 11.3 Å². The molecule has 2 aliphatic rings. The molecule has 0 saturated carbocycles. The summed E-state index contributed by atoms with van der Waals surface area (Å²) in [6, 6.07) is 15.1. The molecule has 2 heterocycles. The van der Waals surface area contributed by atoms with E-state index in [9.17, 15) is 4.79 Å². The number of hydrogen-bond acceptors (Lipinski definition) is 4. The Hall–Kier alpha value is -2.53. The highest BCUT2D eigenvalue weighted by Gasteiger charge is 2.30. The lowest BCUT2D eigenvalue weighted by Gasteiger charge is -2.36. The normalized spacial score (nSPS) is 16.5. The average Bonchev–Trinajstić information content (AvgIpc) is 3.34. The van der Waals surface area contributed by atoms with Gasteiger partial charge in [0.05, 0.1) is 7.11 Å². The van der Waals surface area contributed by atoms with Crippen molar-refractivity contribution in [3.05, 3.63) is 57.8 Å². The van der Waals surface area contributed by atoms with Crippen molar-refractivity contribution in [3.63, 3.8) is 0 Å². The van der Waals surface area contributed by atoms with Crippen molar-refractivity contribution in [2.45, 2.75) is 19.3 Å². The van der Waals surface area contributed by atoms with E-state index >= 15 is 0 Å². The molecule has 0 N–H and O–H groups in total. The summed E-state index contributed by atoms with van der Waals surface area (Å²) in [6.07, 6.45) is 3.30. The van der Waals surface area contributed by atoms with Crippen LogP contribution in [0.3, 0.4) is 0 Å². The van der Waals surface area contributed by atoms with E-state index in [-0.39, 0.29) is 5.91 Å². The largest absolute Gasteiger partial charge is 0.495 e. The van der Waals surface area contributed by atoms with Crippen molar-refractivity contribution in [1.82, 2.24) is 4.90 Å². The van der Waals surface area contributed by atoms with Gasteiger partial charge in [0.15, 0.2) is 0 Å². The highest BCUT2D eigenvalue weighted by atomic mass is 32.1. The molecule has 0 spiro atoms. The zero-order valence-corrected chi connectivity index (χ0v) is 16.9. The third-order valence-electron chi connectivity index (χ3n) is 5.94. The number of carbonyl (C=O) groups is 1. The first kappa shape index (κ1) is 17.6. The van der Waals surface area contributed by atoms with Gasteiger partial charge in [0, 0.05) is 42.3 Å². The first-order chi connectivity index (χ1) is 13.7. The first-order valence-electron chi connectivity index (χ1n) is 9.96. The fraction of sp³-hybridized carbons (Fsp3) is 0.348. The number of anilines is 1. The van der Waals surface area contributed by atoms with Crippen LogP contribution in [0.15, 0.2) is 42.5 Å². The molecule has 144 valence electrons. The number of thiophene rings is 1. The van der Waals surface area contributed by atoms with Crippen molar-refractivity contribution >= 4 is 33.7 Å². The second kappa shape index (κ2) is 7.13. The quantitative estimate of drug-likeness (QED) is 0.664. The minimum absolute atomic E-state index is 0.134. The lowest BCUT2D eigenvalue weighted by molar-refractivity contribution is 0.0748. The van der Waals surface area contributed by atoms with Gasteiger partial charge in [0.25, 0.3) is 5.91 Å². The average molecular weight is 393 g/mol. The van der Waals surface area contributed by atoms with Crippen molar-refractivity contribution in [2.75, 3.05) is 38.2 Å². The number of amides is 1. The smallest absolute Gasteiger partial charge is 0.267 e. The van der Waals surface area contributed by atoms with Crippen molar-refractivity contribution in [3.8, 4) is 5.75 Å². The second-order valence-electron chi connectivity index (χ2n) is 7.53. The maximum Gasteiger partial charge on any atom is 0.267 e. The monoisotopic (exact) mass is 392 g/mol. The summed E-state index contributed by atoms with van der Waals surface area (Å²) in [6.45, 7) is 3.21. The van der Waals surface area contributed by atoms with E-state index < -0.39 is 0 Å². The Morgan fingerprint density at radius 3 is 2.57 bits per heavy atom. The molecule has 28 heavy (non-hydrogen) atoms. The molecule has 1 aliphatic heterocycles. The molecule has 1 amide bonds. The summed E-state index contributed by atoms with van der Waals surface area (Å²) in [7, 11) is 1.69. The van der Waals surface area contributed by atoms with Crippen LogP contribution in [0.2, 0.25) is 0 Å². The van der Waals surface area contributed by atoms with Gasteiger partial charge in [-0.15, -0.1) is 11.3 Å². The van der Waals surface area contributed by atoms with E-state index in [0.717, 1.165) is 49.6 Å². The van der Waals surface area contributed by atoms with Gasteiger partial charge in [-0.3, -0.25) is 4.79 Å². The first-order valence-corrected chi connectivity index (χ1v) is 10.8. The van der Waals surface area contributed by atoms with E-state index in [2.05, 4.69) is 47.4 Å². The molecule has 1 fully saturated rings. The van der Waals surface area contributed by atoms with Gasteiger partial charge in [-0.25, -0.2) is 0 Å². The molecule has 2 aromatic carbocycles. The number of benzene rings is 2. The number of nitrogens with zero attached hydrogens (tertiary/aromatic N) is 2. The summed E-state index contributed by atoms with van der Waals surface area (Å²) in [5, 5.41) is 2.52. The molecule has 0 bridgehead atoms. The number of hydrogen-bond donors (Lipinski definition) is 0. The maximum absolute atomic E-state index is 13.1. The van der Waals surface area contributed by atoms with Crippen LogP contribution in [0.1, 0.15) is 26.5 Å². The highest BCUT2D eigenvalue weighted by Crippen LogP contribution is 2.41. The molecule has 5 rings (SSSR count). The lowest BCUT2D eigenvalue weighted by atomic mass is 10.1. The highest BCUT2D eigenvalue weighted by molar-refractivity contribution is 7.14. The van der Waals surface area contributed by atoms with Gasteiger partial charge < -0.3 is 14.5 Å². The Morgan fingerprint density at radius 2 is 1.79 bits per heavy atom. The molecule has 0 unspecified atom stereocenters. The van der Waals surface area contributed by atoms with Gasteiger partial charge in [-0.05, 0) is 42.2 Å². The third-order valence-corrected chi connectivity index (χ3v) is 7.20. The molecular weight excluding hydrogens is 368 g/mol. The van der Waals surface area contributed by atoms with Crippen molar-refractivity contribution in [2.24, 2.45) is 0 Å². The van der Waals surface area contributed by atoms with Gasteiger partial charge in [-0.1, -0.05) is 30.3 Å². The second-order valence-corrected chi connectivity index (χ2v) is 8.64. The van der Waals surface area contributed by atoms with Gasteiger partial charge in [-0.2, -0.15) is 0 Å². The van der Waals surface area contributed by atoms with Gasteiger partial charge >= 0.3 is 0 Å². The van der Waals surface area contributed by atoms with E-state index in [4.69, 9.17) is 4.74 Å². The minimum Gasteiger partial charge on any atom is -0.495 e. The summed E-state index contributed by atoms with van der Waals surface area (Å²) in [4.78, 5) is 19.6. The Bertz CT molecular complexity index is 1030. The Morgan fingerprint density at radius 1 is 1.00 bits per heavy atom. The Labute approximate surface area is 169 Å². The predicted molar refractivity (Wildman–Crippen MR) is 115 cm³/mol. The summed E-state index contributed by atoms with van der Waals surface area (Å²) >= 11 is 1.64. The Balaban J connectivity index is 1.31. The zero-order valence-electron chi connectivity index (χ0n) is 16.1. The van der Waals surface area contributed by atoms with Gasteiger partial charge in [0.2, 0.25) is 0 Å². The number of carbonyl (C=O) groups excluding carboxylic acids is 1. The maximum atomic E-state index is 13.1. The predicted octanol–water partition coefficient (Wildman–Crippen LogP) is 4.36. The van der Waals surface area contributed by atoms with Crippen LogP contribution in [0, 0.1) is 0 Å². The van der Waals surface area contributed by atoms with Crippen LogP contribution < -0.4 is 9.64 Å². The van der Waals surface area contributed by atoms with E-state index in [0.29, 0.717) is 0 Å². The van der Waals surface area contributed by atoms with E-state index in [1.165, 1.54) is 33.3 Å². The molecule has 5 heteroatoms. The number of methoxy groups -OCH3 is 1. The van der Waals surface area contributed by atoms with Crippen LogP contribution in [0.5, 0.6) is 5.75 Å². The SMILES string of the molecule is COc1c(C(=O)N2CCN(c3ccc4ccccc4c3)CC2)sc2c1CCC2. The molecule has 3 aromatic rings. The summed E-state index contributed by atoms with van der Waals surface area (Å²) < 4.78 is 5.62. The van der Waals surface area contributed by atoms with Crippen LogP contribution in [-0.2, 0) is 12.8 Å². The minimum atomic E-state index is 0.134. The number of fused-ring (bicyclic) bond motifs is 2. The molecule has 1 saturated heterocycles. The number of ether oxygens (including phenoxy) is 1. The molecule has 0 atom stereocenters. The van der Waals surface area contributed by atoms with E-state index in [1.807, 2.05) is 4.90 Å². The molecule has 1 aliphatic carbocycles. The lowest BCUT2D eigenvalue weighted by Crippen LogP contribution is -2.48. The van der Waals surface area contributed by atoms with Crippen molar-refractivity contribution in [1.29, 1.82) is 0 Å². The number of rotatable bonds is 3. The molecule has 0 radical (unpaired) electrons. The fourth-order valence-electron chi connectivity index (χ4n) is 4.42. The molecular formula is C23H24N2O2S.